The SMILES string of the molecule is [CaH2].[CaH2].[Cr+3].[Cr+3].[O-2].[O-2].[O-2].[Si].[Si].[Sn].[Sn]. The van der Waals surface area contributed by atoms with E-state index in [-0.39, 0.29) is 196 Å². The van der Waals surface area contributed by atoms with Gasteiger partial charge in [0.05, 0.1) is 0 Å². The monoisotopic (exact) mass is 532 g/mol. The van der Waals surface area contributed by atoms with Crippen LogP contribution in [0.15, 0.2) is 0 Å². The molecule has 0 bridgehead atoms. The maximum Gasteiger partial charge on any atom is 3.00 e. The first-order chi connectivity index (χ1) is 0. The van der Waals surface area contributed by atoms with Crippen molar-refractivity contribution >= 4 is 145 Å². The van der Waals surface area contributed by atoms with Crippen molar-refractivity contribution < 1.29 is 51.2 Å². The third kappa shape index (κ3) is 93.4. The Morgan fingerprint density at radius 1 is 0.455 bits per heavy atom. The van der Waals surface area contributed by atoms with E-state index in [0.29, 0.717) is 0 Å². The predicted molar refractivity (Wildman–Crippen MR) is 42.2 cm³/mol. The van der Waals surface area contributed by atoms with Gasteiger partial charge in [-0.15, -0.1) is 0 Å². The van der Waals surface area contributed by atoms with Crippen LogP contribution in [-0.4, -0.2) is 145 Å². The number of hydrogen-bond acceptors (Lipinski definition) is 0. The Morgan fingerprint density at radius 3 is 0.455 bits per heavy atom. The molecule has 0 N–H and O–H groups in total. The van der Waals surface area contributed by atoms with Crippen LogP contribution in [0.4, 0.5) is 0 Å². The smallest absolute Gasteiger partial charge is 2.00 e. The van der Waals surface area contributed by atoms with Crippen molar-refractivity contribution in [2.24, 2.45) is 0 Å². The van der Waals surface area contributed by atoms with Crippen LogP contribution in [0, 0.1) is 0 Å². The average Bonchev–Trinajstić information content (AvgIpc) is 0. The molecule has 0 unspecified atom stereocenters. The van der Waals surface area contributed by atoms with Crippen LogP contribution in [0.2, 0.25) is 0 Å². The Hall–Kier alpha value is 5.50. The molecule has 54 valence electrons. The van der Waals surface area contributed by atoms with Gasteiger partial charge in [0.25, 0.3) is 0 Å². The van der Waals surface area contributed by atoms with E-state index >= 15 is 0 Å². The molecule has 0 heterocycles. The van der Waals surface area contributed by atoms with Crippen LogP contribution in [0.3, 0.4) is 0 Å². The third-order valence-corrected chi connectivity index (χ3v) is 0. The summed E-state index contributed by atoms with van der Waals surface area (Å²) < 4.78 is 0. The van der Waals surface area contributed by atoms with Gasteiger partial charge in [0.2, 0.25) is 0 Å². The van der Waals surface area contributed by atoms with Crippen molar-refractivity contribution in [2.75, 3.05) is 0 Å². The van der Waals surface area contributed by atoms with Gasteiger partial charge in [0, 0.05) is 69.7 Å². The van der Waals surface area contributed by atoms with Gasteiger partial charge in [0.1, 0.15) is 0 Å². The van der Waals surface area contributed by atoms with Crippen LogP contribution in [0.1, 0.15) is 0 Å². The van der Waals surface area contributed by atoms with Gasteiger partial charge in [-0.05, 0) is 0 Å². The standard InChI is InChI=1S/2Ca.2Cr.3O.2Si.2Sn.4H/q;;2*+3;3*-2;;;;;;;;. The van der Waals surface area contributed by atoms with Crippen LogP contribution in [0.5, 0.6) is 0 Å². The van der Waals surface area contributed by atoms with Crippen LogP contribution >= 0.6 is 0 Å². The molecule has 18 radical (unpaired) electrons. The average molecular weight is 530 g/mol. The van der Waals surface area contributed by atoms with Gasteiger partial charge in [-0.25, -0.2) is 0 Å². The molecule has 0 aromatic rings. The van der Waals surface area contributed by atoms with Crippen molar-refractivity contribution in [3.05, 3.63) is 0 Å². The second kappa shape index (κ2) is 108. The molecule has 0 saturated carbocycles. The minimum absolute atomic E-state index is 0. The second-order valence-electron chi connectivity index (χ2n) is 0. The molecule has 0 aromatic heterocycles. The van der Waals surface area contributed by atoms with Crippen LogP contribution < -0.4 is 0 Å². The summed E-state index contributed by atoms with van der Waals surface area (Å²) in [6.45, 7) is 0. The van der Waals surface area contributed by atoms with Crippen molar-refractivity contribution in [2.45, 2.75) is 0 Å². The molecule has 0 aromatic carbocycles. The molecule has 3 nitrogen and oxygen atoms in total. The third-order valence-electron chi connectivity index (χ3n) is 0. The molecule has 0 amide bonds. The Bertz CT molecular complexity index is 25.3. The van der Waals surface area contributed by atoms with Crippen molar-refractivity contribution in [3.8, 4) is 0 Å². The summed E-state index contributed by atoms with van der Waals surface area (Å²) in [5.74, 6) is 0. The molecule has 0 spiro atoms. The first-order valence-corrected chi connectivity index (χ1v) is 0. The van der Waals surface area contributed by atoms with Crippen LogP contribution in [0.25, 0.3) is 0 Å². The zero-order valence-electron chi connectivity index (χ0n) is 4.04. The fraction of sp³-hybridized carbons (Fsp3) is 0. The molecule has 0 rings (SSSR count). The van der Waals surface area contributed by atoms with E-state index in [4.69, 9.17) is 0 Å². The Labute approximate surface area is 191 Å². The van der Waals surface area contributed by atoms with Gasteiger partial charge in [-0.3, -0.25) is 0 Å². The van der Waals surface area contributed by atoms with Gasteiger partial charge in [-0.1, -0.05) is 0 Å². The van der Waals surface area contributed by atoms with Gasteiger partial charge >= 0.3 is 110 Å². The topological polar surface area (TPSA) is 85.5 Å². The molecular weight excluding hydrogens is 526 g/mol. The minimum Gasteiger partial charge on any atom is -2.00 e. The summed E-state index contributed by atoms with van der Waals surface area (Å²) in [7, 11) is 0. The zero-order valence-corrected chi connectivity index (χ0v) is 14.3. The van der Waals surface area contributed by atoms with E-state index in [1.54, 1.807) is 0 Å². The number of rotatable bonds is 0. The largest absolute Gasteiger partial charge is 3.00 e. The van der Waals surface area contributed by atoms with Crippen molar-refractivity contribution in [3.63, 3.8) is 0 Å². The maximum atomic E-state index is 0. The molecule has 0 aliphatic heterocycles. The van der Waals surface area contributed by atoms with Crippen LogP contribution in [-0.2, 0) is 51.2 Å². The normalized spacial score (nSPS) is 0. The van der Waals surface area contributed by atoms with Crippen molar-refractivity contribution in [1.82, 2.24) is 0 Å². The molecule has 0 saturated heterocycles. The van der Waals surface area contributed by atoms with Gasteiger partial charge in [0.15, 0.2) is 0 Å². The summed E-state index contributed by atoms with van der Waals surface area (Å²) >= 11 is 0. The fourth-order valence-electron chi connectivity index (χ4n) is 0. The molecule has 0 aliphatic carbocycles. The summed E-state index contributed by atoms with van der Waals surface area (Å²) in [6, 6.07) is 0. The minimum atomic E-state index is 0. The van der Waals surface area contributed by atoms with E-state index in [1.807, 2.05) is 0 Å². The van der Waals surface area contributed by atoms with E-state index in [0.717, 1.165) is 0 Å². The molecule has 0 fully saturated rings. The molecular formula is H4Ca2Cr2O3Si2Sn2. The Kier molecular flexibility index (Phi) is 1290. The Morgan fingerprint density at radius 2 is 0.455 bits per heavy atom. The summed E-state index contributed by atoms with van der Waals surface area (Å²) in [4.78, 5) is 0. The van der Waals surface area contributed by atoms with Gasteiger partial charge in [-0.2, -0.15) is 0 Å². The van der Waals surface area contributed by atoms with E-state index < -0.39 is 0 Å². The maximum absolute atomic E-state index is 0. The van der Waals surface area contributed by atoms with E-state index in [2.05, 4.69) is 0 Å². The van der Waals surface area contributed by atoms with Gasteiger partial charge < -0.3 is 16.4 Å². The Balaban J connectivity index is 0. The van der Waals surface area contributed by atoms with Crippen molar-refractivity contribution in [1.29, 1.82) is 0 Å². The quantitative estimate of drug-likeness (QED) is 0.289. The van der Waals surface area contributed by atoms with E-state index in [9.17, 15) is 0 Å². The first kappa shape index (κ1) is 131. The second-order valence-corrected chi connectivity index (χ2v) is 0. The van der Waals surface area contributed by atoms with E-state index in [1.165, 1.54) is 0 Å². The zero-order chi connectivity index (χ0) is 0. The molecule has 11 heavy (non-hydrogen) atoms. The first-order valence-electron chi connectivity index (χ1n) is 0. The molecule has 11 heteroatoms. The molecule has 0 aliphatic rings. The summed E-state index contributed by atoms with van der Waals surface area (Å²) in [5.41, 5.74) is 0. The fourth-order valence-corrected chi connectivity index (χ4v) is 0. The molecule has 0 atom stereocenters. The summed E-state index contributed by atoms with van der Waals surface area (Å²) in [5, 5.41) is 0. The predicted octanol–water partition coefficient (Wildman–Crippen LogP) is -3.72. The summed E-state index contributed by atoms with van der Waals surface area (Å²) in [6.07, 6.45) is 0. The number of hydrogen-bond donors (Lipinski definition) is 0.